The molecule has 1 aromatic heterocycles. The Morgan fingerprint density at radius 1 is 0.825 bits per heavy atom. The van der Waals surface area contributed by atoms with Gasteiger partial charge in [0.15, 0.2) is 6.04 Å². The molecule has 5 unspecified atom stereocenters. The number of carbonyl (C=O) groups is 4. The summed E-state index contributed by atoms with van der Waals surface area (Å²) in [5.74, 6) is -3.49. The lowest BCUT2D eigenvalue weighted by Crippen LogP contribution is -2.59. The standard InChI is InChI=1S/C28H34N6O6/c1-17(35)24(28(39)40)34-27(38)23(14-20-15-30-16-31-20)33-26(37)22(13-19-10-6-3-7-11-19)32-25(36)21(29)12-18-8-4-2-5-9-18/h2-11,15-17,21-24,35H,12-14,29H2,1H3,(H,30,31)(H,32,36)(H,33,37)(H,34,38)(H,39,40). The third kappa shape index (κ3) is 9.03. The number of aromatic amines is 1. The molecule has 0 bridgehead atoms. The Morgan fingerprint density at radius 3 is 1.88 bits per heavy atom. The van der Waals surface area contributed by atoms with E-state index in [1.165, 1.54) is 19.4 Å². The van der Waals surface area contributed by atoms with Crippen molar-refractivity contribution >= 4 is 23.7 Å². The van der Waals surface area contributed by atoms with E-state index in [9.17, 15) is 29.4 Å². The molecule has 8 N–H and O–H groups in total. The third-order valence-electron chi connectivity index (χ3n) is 6.21. The van der Waals surface area contributed by atoms with Crippen LogP contribution in [-0.2, 0) is 38.4 Å². The number of aliphatic carboxylic acids is 1. The van der Waals surface area contributed by atoms with Crippen molar-refractivity contribution in [3.05, 3.63) is 90.0 Å². The molecule has 1 heterocycles. The van der Waals surface area contributed by atoms with Crippen molar-refractivity contribution in [2.45, 2.75) is 56.5 Å². The molecule has 3 amide bonds. The first-order chi connectivity index (χ1) is 19.1. The minimum absolute atomic E-state index is 0.0523. The number of benzene rings is 2. The molecular formula is C28H34N6O6. The Labute approximate surface area is 231 Å². The SMILES string of the molecule is CC(O)C(NC(=O)C(Cc1cnc[nH]1)NC(=O)C(Cc1ccccc1)NC(=O)C(N)Cc1ccccc1)C(=O)O. The molecule has 12 nitrogen and oxygen atoms in total. The molecule has 3 rings (SSSR count). The fourth-order valence-electron chi connectivity index (χ4n) is 4.04. The van der Waals surface area contributed by atoms with E-state index in [-0.39, 0.29) is 19.3 Å². The van der Waals surface area contributed by atoms with Gasteiger partial charge in [-0.25, -0.2) is 9.78 Å². The summed E-state index contributed by atoms with van der Waals surface area (Å²) in [5.41, 5.74) is 8.26. The number of carboxylic acid groups (broad SMARTS) is 1. The number of hydrogen-bond acceptors (Lipinski definition) is 7. The molecule has 2 aromatic carbocycles. The number of nitrogens with one attached hydrogen (secondary N) is 4. The lowest BCUT2D eigenvalue weighted by Gasteiger charge is -2.26. The van der Waals surface area contributed by atoms with E-state index >= 15 is 0 Å². The summed E-state index contributed by atoms with van der Waals surface area (Å²) in [7, 11) is 0. The van der Waals surface area contributed by atoms with Crippen molar-refractivity contribution < 1.29 is 29.4 Å². The molecule has 0 fully saturated rings. The Morgan fingerprint density at radius 2 is 1.35 bits per heavy atom. The molecule has 0 aliphatic heterocycles. The maximum atomic E-state index is 13.5. The second kappa shape index (κ2) is 14.6. The van der Waals surface area contributed by atoms with Gasteiger partial charge in [-0.1, -0.05) is 60.7 Å². The van der Waals surface area contributed by atoms with Crippen molar-refractivity contribution in [3.8, 4) is 0 Å². The van der Waals surface area contributed by atoms with Crippen LogP contribution in [0.25, 0.3) is 0 Å². The topological polar surface area (TPSA) is 200 Å². The highest BCUT2D eigenvalue weighted by Crippen LogP contribution is 2.08. The van der Waals surface area contributed by atoms with Crippen LogP contribution in [0.5, 0.6) is 0 Å². The number of carboxylic acids is 1. The number of H-pyrrole nitrogens is 1. The normalized spacial score (nSPS) is 14.7. The number of aromatic nitrogens is 2. The van der Waals surface area contributed by atoms with Crippen LogP contribution < -0.4 is 21.7 Å². The molecule has 0 spiro atoms. The first-order valence-corrected chi connectivity index (χ1v) is 12.8. The van der Waals surface area contributed by atoms with Crippen LogP contribution in [0.2, 0.25) is 0 Å². The Bertz CT molecular complexity index is 1250. The molecule has 212 valence electrons. The van der Waals surface area contributed by atoms with E-state index in [0.717, 1.165) is 11.1 Å². The number of aliphatic hydroxyl groups is 1. The average molecular weight is 551 g/mol. The van der Waals surface area contributed by atoms with Crippen molar-refractivity contribution in [1.29, 1.82) is 0 Å². The van der Waals surface area contributed by atoms with Crippen LogP contribution in [0.3, 0.4) is 0 Å². The minimum atomic E-state index is -1.59. The van der Waals surface area contributed by atoms with Gasteiger partial charge in [-0.05, 0) is 24.5 Å². The smallest absolute Gasteiger partial charge is 0.328 e. The van der Waals surface area contributed by atoms with Crippen LogP contribution >= 0.6 is 0 Å². The van der Waals surface area contributed by atoms with Crippen molar-refractivity contribution in [2.75, 3.05) is 0 Å². The number of nitrogens with two attached hydrogens (primary N) is 1. The second-order valence-corrected chi connectivity index (χ2v) is 9.45. The molecule has 0 aliphatic carbocycles. The maximum absolute atomic E-state index is 13.5. The molecular weight excluding hydrogens is 516 g/mol. The van der Waals surface area contributed by atoms with E-state index in [1.54, 1.807) is 24.3 Å². The van der Waals surface area contributed by atoms with E-state index < -0.39 is 54.0 Å². The molecule has 12 heteroatoms. The quantitative estimate of drug-likeness (QED) is 0.142. The third-order valence-corrected chi connectivity index (χ3v) is 6.21. The summed E-state index contributed by atoms with van der Waals surface area (Å²) >= 11 is 0. The van der Waals surface area contributed by atoms with Gasteiger partial charge in [0.1, 0.15) is 12.1 Å². The van der Waals surface area contributed by atoms with E-state index in [2.05, 4.69) is 25.9 Å². The Hall–Kier alpha value is -4.55. The predicted molar refractivity (Wildman–Crippen MR) is 146 cm³/mol. The van der Waals surface area contributed by atoms with Gasteiger partial charge >= 0.3 is 5.97 Å². The zero-order valence-electron chi connectivity index (χ0n) is 22.0. The lowest BCUT2D eigenvalue weighted by molar-refractivity contribution is -0.145. The predicted octanol–water partition coefficient (Wildman–Crippen LogP) is -0.315. The first kappa shape index (κ1) is 30.0. The van der Waals surface area contributed by atoms with E-state index in [0.29, 0.717) is 5.69 Å². The number of amides is 3. The maximum Gasteiger partial charge on any atom is 0.328 e. The summed E-state index contributed by atoms with van der Waals surface area (Å²) < 4.78 is 0. The fourth-order valence-corrected chi connectivity index (χ4v) is 4.04. The number of aliphatic hydroxyl groups excluding tert-OH is 1. The minimum Gasteiger partial charge on any atom is -0.480 e. The van der Waals surface area contributed by atoms with Gasteiger partial charge < -0.3 is 36.9 Å². The number of imidazole rings is 1. The highest BCUT2D eigenvalue weighted by atomic mass is 16.4. The Kier molecular flexibility index (Phi) is 10.9. The zero-order chi connectivity index (χ0) is 29.1. The molecule has 0 saturated heterocycles. The molecule has 0 aliphatic rings. The lowest BCUT2D eigenvalue weighted by atomic mass is 10.0. The fraction of sp³-hybridized carbons (Fsp3) is 0.321. The Balaban J connectivity index is 1.80. The molecule has 5 atom stereocenters. The summed E-state index contributed by atoms with van der Waals surface area (Å²) in [6.07, 6.45) is 1.79. The molecule has 40 heavy (non-hydrogen) atoms. The average Bonchev–Trinajstić information content (AvgIpc) is 3.44. The number of carbonyl (C=O) groups excluding carboxylic acids is 3. The van der Waals surface area contributed by atoms with Gasteiger partial charge in [0.25, 0.3) is 0 Å². The summed E-state index contributed by atoms with van der Waals surface area (Å²) in [6, 6.07) is 13.3. The van der Waals surface area contributed by atoms with E-state index in [4.69, 9.17) is 5.73 Å². The van der Waals surface area contributed by atoms with Gasteiger partial charge in [0.05, 0.1) is 18.5 Å². The summed E-state index contributed by atoms with van der Waals surface area (Å²) in [4.78, 5) is 57.9. The van der Waals surface area contributed by atoms with Crippen LogP contribution in [0.4, 0.5) is 0 Å². The molecule has 0 saturated carbocycles. The van der Waals surface area contributed by atoms with Crippen molar-refractivity contribution in [1.82, 2.24) is 25.9 Å². The van der Waals surface area contributed by atoms with E-state index in [1.807, 2.05) is 36.4 Å². The van der Waals surface area contributed by atoms with Crippen molar-refractivity contribution in [2.24, 2.45) is 5.73 Å². The van der Waals surface area contributed by atoms with Gasteiger partial charge in [-0.15, -0.1) is 0 Å². The highest BCUT2D eigenvalue weighted by Gasteiger charge is 2.32. The largest absolute Gasteiger partial charge is 0.480 e. The van der Waals surface area contributed by atoms with Gasteiger partial charge in [-0.2, -0.15) is 0 Å². The number of nitrogens with zero attached hydrogens (tertiary/aromatic N) is 1. The molecule has 0 radical (unpaired) electrons. The first-order valence-electron chi connectivity index (χ1n) is 12.8. The monoisotopic (exact) mass is 550 g/mol. The van der Waals surface area contributed by atoms with Crippen LogP contribution in [-0.4, -0.2) is 74.1 Å². The second-order valence-electron chi connectivity index (χ2n) is 9.45. The van der Waals surface area contributed by atoms with Crippen LogP contribution in [0.15, 0.2) is 73.2 Å². The van der Waals surface area contributed by atoms with Gasteiger partial charge in [0, 0.05) is 24.7 Å². The van der Waals surface area contributed by atoms with Gasteiger partial charge in [0.2, 0.25) is 17.7 Å². The number of hydrogen-bond donors (Lipinski definition) is 7. The van der Waals surface area contributed by atoms with Gasteiger partial charge in [-0.3, -0.25) is 14.4 Å². The number of rotatable bonds is 14. The molecule has 3 aromatic rings. The highest BCUT2D eigenvalue weighted by molar-refractivity contribution is 5.94. The summed E-state index contributed by atoms with van der Waals surface area (Å²) in [6.45, 7) is 1.23. The van der Waals surface area contributed by atoms with Crippen LogP contribution in [0, 0.1) is 0 Å². The summed E-state index contributed by atoms with van der Waals surface area (Å²) in [5, 5.41) is 26.8. The van der Waals surface area contributed by atoms with Crippen LogP contribution in [0.1, 0.15) is 23.7 Å². The zero-order valence-corrected chi connectivity index (χ0v) is 22.0. The van der Waals surface area contributed by atoms with Crippen molar-refractivity contribution in [3.63, 3.8) is 0 Å².